The SMILES string of the molecule is C[C@@H]1CN(c2ccc(C#N)c3ncccc23)C[C@H](CN2CCN(c3cnc4c(n3)CN(C(=O)OCC[Si](C)(C)C)CC4)CC2)O1. The van der Waals surface area contributed by atoms with Gasteiger partial charge < -0.3 is 24.2 Å². The third-order valence-electron chi connectivity index (χ3n) is 8.91. The number of fused-ring (bicyclic) bond motifs is 2. The Morgan fingerprint density at radius 1 is 1.07 bits per heavy atom. The second kappa shape index (κ2) is 13.3. The summed E-state index contributed by atoms with van der Waals surface area (Å²) in [6, 6.07) is 11.1. The molecule has 0 bridgehead atoms. The minimum atomic E-state index is -1.26. The van der Waals surface area contributed by atoms with E-state index < -0.39 is 8.07 Å². The van der Waals surface area contributed by atoms with Crippen molar-refractivity contribution >= 4 is 36.6 Å². The number of nitrogens with zero attached hydrogens (tertiary/aromatic N) is 8. The molecule has 0 aliphatic carbocycles. The van der Waals surface area contributed by atoms with Gasteiger partial charge in [0.15, 0.2) is 0 Å². The van der Waals surface area contributed by atoms with Gasteiger partial charge in [-0.1, -0.05) is 19.6 Å². The molecule has 2 saturated heterocycles. The highest BCUT2D eigenvalue weighted by atomic mass is 28.3. The Morgan fingerprint density at radius 2 is 1.89 bits per heavy atom. The van der Waals surface area contributed by atoms with Crippen LogP contribution in [0.15, 0.2) is 36.7 Å². The molecule has 3 aromatic rings. The van der Waals surface area contributed by atoms with Gasteiger partial charge in [0.1, 0.15) is 11.9 Å². The van der Waals surface area contributed by atoms with Crippen LogP contribution >= 0.6 is 0 Å². The number of aromatic nitrogens is 3. The molecule has 5 heterocycles. The van der Waals surface area contributed by atoms with Gasteiger partial charge in [-0.3, -0.25) is 14.9 Å². The van der Waals surface area contributed by atoms with Crippen molar-refractivity contribution in [1.29, 1.82) is 5.26 Å². The lowest BCUT2D eigenvalue weighted by Gasteiger charge is -2.42. The Hall–Kier alpha value is -3.79. The molecule has 0 saturated carbocycles. The van der Waals surface area contributed by atoms with E-state index in [0.29, 0.717) is 31.7 Å². The Kier molecular flexibility index (Phi) is 9.21. The lowest BCUT2D eigenvalue weighted by atomic mass is 10.1. The van der Waals surface area contributed by atoms with E-state index in [1.165, 1.54) is 0 Å². The monoisotopic (exact) mass is 628 g/mol. The van der Waals surface area contributed by atoms with E-state index in [9.17, 15) is 10.1 Å². The molecule has 1 amide bonds. The maximum atomic E-state index is 12.7. The van der Waals surface area contributed by atoms with Gasteiger partial charge in [-0.25, -0.2) is 9.78 Å². The fourth-order valence-corrected chi connectivity index (χ4v) is 7.15. The van der Waals surface area contributed by atoms with Crippen LogP contribution in [0, 0.1) is 11.3 Å². The number of nitriles is 1. The van der Waals surface area contributed by atoms with Crippen molar-refractivity contribution in [1.82, 2.24) is 24.8 Å². The first kappa shape index (κ1) is 31.2. The molecule has 2 fully saturated rings. The second-order valence-corrected chi connectivity index (χ2v) is 19.2. The number of morpholine rings is 1. The molecule has 0 N–H and O–H groups in total. The van der Waals surface area contributed by atoms with Gasteiger partial charge in [-0.05, 0) is 37.2 Å². The molecule has 3 aliphatic heterocycles. The zero-order valence-electron chi connectivity index (χ0n) is 26.9. The number of carbonyl (C=O) groups excluding carboxylic acids is 1. The number of ether oxygens (including phenoxy) is 2. The zero-order chi connectivity index (χ0) is 31.6. The van der Waals surface area contributed by atoms with E-state index in [1.54, 1.807) is 11.1 Å². The van der Waals surface area contributed by atoms with Crippen LogP contribution in [-0.4, -0.2) is 110 Å². The topological polar surface area (TPSA) is 111 Å². The van der Waals surface area contributed by atoms with Crippen LogP contribution in [0.2, 0.25) is 25.7 Å². The Balaban J connectivity index is 1.04. The molecule has 6 rings (SSSR count). The summed E-state index contributed by atoms with van der Waals surface area (Å²) in [5, 5.41) is 10.6. The van der Waals surface area contributed by atoms with Crippen LogP contribution < -0.4 is 9.80 Å². The molecule has 0 radical (unpaired) electrons. The van der Waals surface area contributed by atoms with E-state index in [-0.39, 0.29) is 18.3 Å². The summed E-state index contributed by atoms with van der Waals surface area (Å²) in [6.07, 6.45) is 4.25. The van der Waals surface area contributed by atoms with E-state index in [2.05, 4.69) is 58.4 Å². The number of piperazine rings is 1. The quantitative estimate of drug-likeness (QED) is 0.354. The van der Waals surface area contributed by atoms with Crippen LogP contribution in [0.5, 0.6) is 0 Å². The number of benzene rings is 1. The fraction of sp³-hybridized carbons (Fsp3) is 0.545. The maximum absolute atomic E-state index is 12.7. The minimum Gasteiger partial charge on any atom is -0.450 e. The van der Waals surface area contributed by atoms with Crippen molar-refractivity contribution in [3.05, 3.63) is 53.6 Å². The van der Waals surface area contributed by atoms with Gasteiger partial charge in [-0.15, -0.1) is 0 Å². The van der Waals surface area contributed by atoms with Gasteiger partial charge in [-0.2, -0.15) is 5.26 Å². The summed E-state index contributed by atoms with van der Waals surface area (Å²) in [6.45, 7) is 16.5. The van der Waals surface area contributed by atoms with Crippen molar-refractivity contribution in [2.24, 2.45) is 0 Å². The summed E-state index contributed by atoms with van der Waals surface area (Å²) in [5.74, 6) is 0.873. The number of carbonyl (C=O) groups is 1. The van der Waals surface area contributed by atoms with Gasteiger partial charge in [0.05, 0.1) is 54.0 Å². The van der Waals surface area contributed by atoms with Gasteiger partial charge >= 0.3 is 6.09 Å². The van der Waals surface area contributed by atoms with Gasteiger partial charge in [0, 0.05) is 84.1 Å². The van der Waals surface area contributed by atoms with Crippen LogP contribution in [0.1, 0.15) is 23.9 Å². The standard InChI is InChI=1S/C33H44N8O3Si/c1-24-20-41(30-8-7-25(18-34)32-27(30)6-5-10-35-32)22-26(44-24)21-38-12-14-39(15-13-38)31-19-36-28-9-11-40(23-29(28)37-31)33(42)43-16-17-45(2,3)4/h5-8,10,19,24,26H,9,11-17,20-23H2,1-4H3/t24-,26+/m1/s1. The third kappa shape index (κ3) is 7.38. The molecule has 2 atom stereocenters. The average molecular weight is 629 g/mol. The van der Waals surface area contributed by atoms with Crippen molar-refractivity contribution in [2.75, 3.05) is 68.8 Å². The van der Waals surface area contributed by atoms with Crippen LogP contribution in [-0.2, 0) is 22.4 Å². The van der Waals surface area contributed by atoms with Gasteiger partial charge in [0.2, 0.25) is 0 Å². The molecule has 11 nitrogen and oxygen atoms in total. The Bertz CT molecular complexity index is 1570. The summed E-state index contributed by atoms with van der Waals surface area (Å²) in [7, 11) is -1.26. The maximum Gasteiger partial charge on any atom is 0.410 e. The molecular weight excluding hydrogens is 585 g/mol. The largest absolute Gasteiger partial charge is 0.450 e. The van der Waals surface area contributed by atoms with E-state index in [0.717, 1.165) is 85.7 Å². The van der Waals surface area contributed by atoms with E-state index in [1.807, 2.05) is 24.4 Å². The van der Waals surface area contributed by atoms with Crippen LogP contribution in [0.25, 0.3) is 10.9 Å². The summed E-state index contributed by atoms with van der Waals surface area (Å²) >= 11 is 0. The molecule has 2 aromatic heterocycles. The predicted molar refractivity (Wildman–Crippen MR) is 177 cm³/mol. The van der Waals surface area contributed by atoms with Crippen LogP contribution in [0.3, 0.4) is 0 Å². The number of amides is 1. The number of pyridine rings is 1. The van der Waals surface area contributed by atoms with Crippen molar-refractivity contribution in [2.45, 2.75) is 57.8 Å². The van der Waals surface area contributed by atoms with E-state index >= 15 is 0 Å². The highest BCUT2D eigenvalue weighted by Gasteiger charge is 2.30. The first-order valence-corrected chi connectivity index (χ1v) is 19.8. The average Bonchev–Trinajstić information content (AvgIpc) is 3.03. The highest BCUT2D eigenvalue weighted by Crippen LogP contribution is 2.30. The van der Waals surface area contributed by atoms with Crippen molar-refractivity contribution in [3.8, 4) is 6.07 Å². The minimum absolute atomic E-state index is 0.0719. The summed E-state index contributed by atoms with van der Waals surface area (Å²) in [4.78, 5) is 35.8. The normalized spacial score (nSPS) is 21.0. The predicted octanol–water partition coefficient (Wildman–Crippen LogP) is 4.15. The van der Waals surface area contributed by atoms with Crippen LogP contribution in [0.4, 0.5) is 16.3 Å². The smallest absolute Gasteiger partial charge is 0.410 e. The zero-order valence-corrected chi connectivity index (χ0v) is 27.9. The van der Waals surface area contributed by atoms with E-state index in [4.69, 9.17) is 19.4 Å². The number of hydrogen-bond acceptors (Lipinski definition) is 10. The Morgan fingerprint density at radius 3 is 2.67 bits per heavy atom. The lowest BCUT2D eigenvalue weighted by molar-refractivity contribution is -0.0327. The molecular formula is C33H44N8O3Si. The molecule has 1 aromatic carbocycles. The lowest BCUT2D eigenvalue weighted by Crippen LogP contribution is -2.54. The highest BCUT2D eigenvalue weighted by molar-refractivity contribution is 6.76. The molecule has 3 aliphatic rings. The molecule has 0 unspecified atom stereocenters. The molecule has 238 valence electrons. The third-order valence-corrected chi connectivity index (χ3v) is 10.6. The summed E-state index contributed by atoms with van der Waals surface area (Å²) < 4.78 is 12.0. The Labute approximate surface area is 266 Å². The summed E-state index contributed by atoms with van der Waals surface area (Å²) in [5.41, 5.74) is 4.30. The molecule has 0 spiro atoms. The van der Waals surface area contributed by atoms with Crippen molar-refractivity contribution in [3.63, 3.8) is 0 Å². The fourth-order valence-electron chi connectivity index (χ4n) is 6.44. The first-order valence-electron chi connectivity index (χ1n) is 16.1. The molecule has 12 heteroatoms. The number of hydrogen-bond donors (Lipinski definition) is 0. The number of anilines is 2. The molecule has 45 heavy (non-hydrogen) atoms. The van der Waals surface area contributed by atoms with Crippen molar-refractivity contribution < 1.29 is 14.3 Å². The number of rotatable bonds is 7. The van der Waals surface area contributed by atoms with Gasteiger partial charge in [0.25, 0.3) is 0 Å². The second-order valence-electron chi connectivity index (χ2n) is 13.6. The first-order chi connectivity index (χ1) is 21.7.